The van der Waals surface area contributed by atoms with Gasteiger partial charge in [-0.15, -0.1) is 0 Å². The first kappa shape index (κ1) is 13.2. The minimum atomic E-state index is -0.333. The summed E-state index contributed by atoms with van der Waals surface area (Å²) in [5.74, 6) is 0.389. The summed E-state index contributed by atoms with van der Waals surface area (Å²) in [4.78, 5) is 0. The SMILES string of the molecule is NC(Cc1cccc(F)c1)c1cc2cccc(Cl)c2o1. The summed E-state index contributed by atoms with van der Waals surface area (Å²) in [7, 11) is 0. The lowest BCUT2D eigenvalue weighted by atomic mass is 10.0. The van der Waals surface area contributed by atoms with Gasteiger partial charge in [-0.2, -0.15) is 0 Å². The highest BCUT2D eigenvalue weighted by atomic mass is 35.5. The fourth-order valence-corrected chi connectivity index (χ4v) is 2.47. The third-order valence-electron chi connectivity index (χ3n) is 3.23. The van der Waals surface area contributed by atoms with Crippen LogP contribution >= 0.6 is 11.6 Å². The Hall–Kier alpha value is -1.84. The van der Waals surface area contributed by atoms with Crippen LogP contribution in [0.15, 0.2) is 52.9 Å². The molecule has 0 amide bonds. The summed E-state index contributed by atoms with van der Waals surface area (Å²) in [6.07, 6.45) is 0.509. The third kappa shape index (κ3) is 2.55. The molecular formula is C16H13ClFNO. The van der Waals surface area contributed by atoms with Crippen molar-refractivity contribution in [3.63, 3.8) is 0 Å². The van der Waals surface area contributed by atoms with Crippen LogP contribution in [-0.4, -0.2) is 0 Å². The molecule has 0 saturated carbocycles. The summed E-state index contributed by atoms with van der Waals surface area (Å²) < 4.78 is 18.9. The number of benzene rings is 2. The molecule has 0 fully saturated rings. The highest BCUT2D eigenvalue weighted by Gasteiger charge is 2.14. The molecule has 1 atom stereocenters. The van der Waals surface area contributed by atoms with Crippen molar-refractivity contribution in [3.05, 3.63) is 70.7 Å². The number of halogens is 2. The smallest absolute Gasteiger partial charge is 0.152 e. The maximum Gasteiger partial charge on any atom is 0.152 e. The summed E-state index contributed by atoms with van der Waals surface area (Å²) in [5, 5.41) is 1.48. The number of furan rings is 1. The van der Waals surface area contributed by atoms with Crippen LogP contribution in [0.4, 0.5) is 4.39 Å². The predicted molar refractivity (Wildman–Crippen MR) is 78.3 cm³/mol. The van der Waals surface area contributed by atoms with Gasteiger partial charge in [0.25, 0.3) is 0 Å². The van der Waals surface area contributed by atoms with Crippen LogP contribution in [0, 0.1) is 5.82 Å². The summed E-state index contributed by atoms with van der Waals surface area (Å²) in [5.41, 5.74) is 7.61. The Kier molecular flexibility index (Phi) is 3.47. The van der Waals surface area contributed by atoms with Gasteiger partial charge in [-0.25, -0.2) is 4.39 Å². The van der Waals surface area contributed by atoms with E-state index in [0.29, 0.717) is 22.8 Å². The zero-order valence-corrected chi connectivity index (χ0v) is 11.4. The van der Waals surface area contributed by atoms with Crippen molar-refractivity contribution < 1.29 is 8.81 Å². The van der Waals surface area contributed by atoms with E-state index in [4.69, 9.17) is 21.8 Å². The first-order chi connectivity index (χ1) is 9.63. The molecule has 1 unspecified atom stereocenters. The van der Waals surface area contributed by atoms with Gasteiger partial charge in [-0.3, -0.25) is 0 Å². The van der Waals surface area contributed by atoms with Crippen molar-refractivity contribution in [2.75, 3.05) is 0 Å². The van der Waals surface area contributed by atoms with Gasteiger partial charge in [-0.1, -0.05) is 35.9 Å². The number of para-hydroxylation sites is 1. The lowest BCUT2D eigenvalue weighted by Crippen LogP contribution is -2.12. The second-order valence-electron chi connectivity index (χ2n) is 4.75. The maximum absolute atomic E-state index is 13.2. The first-order valence-corrected chi connectivity index (χ1v) is 6.69. The van der Waals surface area contributed by atoms with Crippen molar-refractivity contribution in [1.29, 1.82) is 0 Å². The molecule has 102 valence electrons. The fourth-order valence-electron chi connectivity index (χ4n) is 2.25. The Labute approximate surface area is 121 Å². The second kappa shape index (κ2) is 5.27. The highest BCUT2D eigenvalue weighted by Crippen LogP contribution is 2.29. The van der Waals surface area contributed by atoms with Crippen LogP contribution < -0.4 is 5.73 Å². The van der Waals surface area contributed by atoms with Crippen LogP contribution in [-0.2, 0) is 6.42 Å². The van der Waals surface area contributed by atoms with E-state index in [-0.39, 0.29) is 11.9 Å². The molecule has 20 heavy (non-hydrogen) atoms. The minimum Gasteiger partial charge on any atom is -0.458 e. The Morgan fingerprint density at radius 2 is 1.95 bits per heavy atom. The molecule has 0 saturated heterocycles. The van der Waals surface area contributed by atoms with Gasteiger partial charge < -0.3 is 10.2 Å². The first-order valence-electron chi connectivity index (χ1n) is 6.31. The van der Waals surface area contributed by atoms with Crippen molar-refractivity contribution in [2.45, 2.75) is 12.5 Å². The van der Waals surface area contributed by atoms with Crippen LogP contribution in [0.2, 0.25) is 5.02 Å². The molecule has 0 radical (unpaired) electrons. The number of nitrogens with two attached hydrogens (primary N) is 1. The number of hydrogen-bond acceptors (Lipinski definition) is 2. The molecule has 0 aliphatic rings. The van der Waals surface area contributed by atoms with Gasteiger partial charge in [0.05, 0.1) is 11.1 Å². The van der Waals surface area contributed by atoms with Gasteiger partial charge in [0.15, 0.2) is 5.58 Å². The number of hydrogen-bond donors (Lipinski definition) is 1. The molecule has 4 heteroatoms. The van der Waals surface area contributed by atoms with E-state index in [1.165, 1.54) is 12.1 Å². The normalized spacial score (nSPS) is 12.8. The number of rotatable bonds is 3. The van der Waals surface area contributed by atoms with Crippen molar-refractivity contribution >= 4 is 22.6 Å². The van der Waals surface area contributed by atoms with Gasteiger partial charge in [0.1, 0.15) is 11.6 Å². The van der Waals surface area contributed by atoms with Gasteiger partial charge in [0.2, 0.25) is 0 Å². The largest absolute Gasteiger partial charge is 0.458 e. The van der Waals surface area contributed by atoms with E-state index in [1.807, 2.05) is 24.3 Å². The monoisotopic (exact) mass is 289 g/mol. The molecule has 3 rings (SSSR count). The Bertz CT molecular complexity index is 753. The van der Waals surface area contributed by atoms with E-state index in [9.17, 15) is 4.39 Å². The third-order valence-corrected chi connectivity index (χ3v) is 3.52. The molecule has 1 aromatic heterocycles. The van der Waals surface area contributed by atoms with E-state index in [1.54, 1.807) is 12.1 Å². The topological polar surface area (TPSA) is 39.2 Å². The highest BCUT2D eigenvalue weighted by molar-refractivity contribution is 6.34. The lowest BCUT2D eigenvalue weighted by Gasteiger charge is -2.08. The number of fused-ring (bicyclic) bond motifs is 1. The van der Waals surface area contributed by atoms with Crippen molar-refractivity contribution in [1.82, 2.24) is 0 Å². The van der Waals surface area contributed by atoms with Crippen LogP contribution in [0.25, 0.3) is 11.0 Å². The molecule has 0 aliphatic heterocycles. The molecule has 2 N–H and O–H groups in total. The van der Waals surface area contributed by atoms with Gasteiger partial charge in [-0.05, 0) is 36.2 Å². The lowest BCUT2D eigenvalue weighted by molar-refractivity contribution is 0.493. The molecule has 2 nitrogen and oxygen atoms in total. The Balaban J connectivity index is 1.89. The van der Waals surface area contributed by atoms with E-state index >= 15 is 0 Å². The maximum atomic E-state index is 13.2. The van der Waals surface area contributed by atoms with E-state index in [2.05, 4.69) is 0 Å². The summed E-state index contributed by atoms with van der Waals surface area (Å²) >= 11 is 6.07. The van der Waals surface area contributed by atoms with Crippen LogP contribution in [0.5, 0.6) is 0 Å². The second-order valence-corrected chi connectivity index (χ2v) is 5.15. The fraction of sp³-hybridized carbons (Fsp3) is 0.125. The van der Waals surface area contributed by atoms with Gasteiger partial charge >= 0.3 is 0 Å². The molecule has 3 aromatic rings. The molecule has 2 aromatic carbocycles. The molecule has 0 aliphatic carbocycles. The molecule has 1 heterocycles. The summed E-state index contributed by atoms with van der Waals surface area (Å²) in [6, 6.07) is 13.5. The van der Waals surface area contributed by atoms with Gasteiger partial charge in [0, 0.05) is 5.39 Å². The van der Waals surface area contributed by atoms with Crippen LogP contribution in [0.1, 0.15) is 17.4 Å². The van der Waals surface area contributed by atoms with Crippen molar-refractivity contribution in [2.24, 2.45) is 5.73 Å². The molecular weight excluding hydrogens is 277 g/mol. The average molecular weight is 290 g/mol. The average Bonchev–Trinajstić information content (AvgIpc) is 2.84. The van der Waals surface area contributed by atoms with Crippen LogP contribution in [0.3, 0.4) is 0 Å². The van der Waals surface area contributed by atoms with Crippen molar-refractivity contribution in [3.8, 4) is 0 Å². The zero-order chi connectivity index (χ0) is 14.1. The van der Waals surface area contributed by atoms with E-state index < -0.39 is 0 Å². The van der Waals surface area contributed by atoms with E-state index in [0.717, 1.165) is 10.9 Å². The Morgan fingerprint density at radius 1 is 1.15 bits per heavy atom. The standard InChI is InChI=1S/C16H13ClFNO/c17-13-6-2-4-11-9-15(20-16(11)13)14(19)8-10-3-1-5-12(18)7-10/h1-7,9,14H,8,19H2. The molecule has 0 bridgehead atoms. The quantitative estimate of drug-likeness (QED) is 0.773. The zero-order valence-electron chi connectivity index (χ0n) is 10.6. The Morgan fingerprint density at radius 3 is 2.70 bits per heavy atom. The summed E-state index contributed by atoms with van der Waals surface area (Å²) in [6.45, 7) is 0. The predicted octanol–water partition coefficient (Wildman–Crippen LogP) is 4.47. The molecule has 0 spiro atoms. The minimum absolute atomic E-state index is 0.262.